The number of urea groups is 1. The molecule has 98 valence electrons. The first-order valence-corrected chi connectivity index (χ1v) is 6.27. The second-order valence-corrected chi connectivity index (χ2v) is 5.91. The lowest BCUT2D eigenvalue weighted by Crippen LogP contribution is -2.43. The summed E-state index contributed by atoms with van der Waals surface area (Å²) in [5.41, 5.74) is 0.0529. The van der Waals surface area contributed by atoms with E-state index in [0.29, 0.717) is 11.8 Å². The third-order valence-electron chi connectivity index (χ3n) is 4.16. The molecule has 5 heteroatoms. The minimum absolute atomic E-state index is 0.0380. The van der Waals surface area contributed by atoms with Crippen LogP contribution in [0.3, 0.4) is 0 Å². The molecule has 1 saturated carbocycles. The molecule has 1 saturated heterocycles. The average molecular weight is 241 g/mol. The van der Waals surface area contributed by atoms with E-state index in [1.165, 1.54) is 0 Å². The van der Waals surface area contributed by atoms with Crippen LogP contribution in [-0.2, 0) is 0 Å². The number of hydrogen-bond acceptors (Lipinski definition) is 3. The first kappa shape index (κ1) is 12.6. The standard InChI is InChI=1S/C12H23N3O2/c1-12(13-8-16)4-9-6-15(7-10(9)5-12)11(17)14(2)3/h9-10,13,16H,4-8H2,1-3H3/t9-,10+,12-. The highest BCUT2D eigenvalue weighted by atomic mass is 16.3. The van der Waals surface area contributed by atoms with Gasteiger partial charge in [-0.15, -0.1) is 0 Å². The van der Waals surface area contributed by atoms with Crippen molar-refractivity contribution in [1.82, 2.24) is 15.1 Å². The van der Waals surface area contributed by atoms with Crippen molar-refractivity contribution in [3.8, 4) is 0 Å². The number of hydrogen-bond donors (Lipinski definition) is 2. The molecule has 0 bridgehead atoms. The van der Waals surface area contributed by atoms with Gasteiger partial charge >= 0.3 is 6.03 Å². The van der Waals surface area contributed by atoms with Crippen LogP contribution < -0.4 is 5.32 Å². The Morgan fingerprint density at radius 3 is 2.35 bits per heavy atom. The first-order chi connectivity index (χ1) is 7.95. The van der Waals surface area contributed by atoms with Gasteiger partial charge in [0.1, 0.15) is 0 Å². The van der Waals surface area contributed by atoms with Gasteiger partial charge in [0.2, 0.25) is 0 Å². The molecule has 2 aliphatic rings. The van der Waals surface area contributed by atoms with E-state index in [9.17, 15) is 4.79 Å². The van der Waals surface area contributed by atoms with Gasteiger partial charge in [-0.25, -0.2) is 4.79 Å². The smallest absolute Gasteiger partial charge is 0.319 e. The van der Waals surface area contributed by atoms with Crippen molar-refractivity contribution in [2.45, 2.75) is 25.3 Å². The molecule has 0 aromatic heterocycles. The van der Waals surface area contributed by atoms with Gasteiger partial charge in [-0.1, -0.05) is 0 Å². The SMILES string of the molecule is CN(C)C(=O)N1C[C@@H]2C[C@](C)(NCO)C[C@@H]2C1. The lowest BCUT2D eigenvalue weighted by atomic mass is 9.98. The minimum atomic E-state index is 0.0380. The molecule has 3 atom stereocenters. The molecule has 0 aromatic rings. The number of carbonyl (C=O) groups is 1. The van der Waals surface area contributed by atoms with Gasteiger partial charge in [0, 0.05) is 32.7 Å². The highest BCUT2D eigenvalue weighted by molar-refractivity contribution is 5.74. The minimum Gasteiger partial charge on any atom is -0.381 e. The maximum atomic E-state index is 11.9. The zero-order valence-electron chi connectivity index (χ0n) is 10.9. The lowest BCUT2D eigenvalue weighted by molar-refractivity contribution is 0.168. The largest absolute Gasteiger partial charge is 0.381 e. The summed E-state index contributed by atoms with van der Waals surface area (Å²) in [6.07, 6.45) is 2.10. The van der Waals surface area contributed by atoms with Gasteiger partial charge in [0.05, 0.1) is 6.73 Å². The highest BCUT2D eigenvalue weighted by Crippen LogP contribution is 2.43. The maximum absolute atomic E-state index is 11.9. The zero-order valence-corrected chi connectivity index (χ0v) is 10.9. The van der Waals surface area contributed by atoms with Crippen molar-refractivity contribution in [3.05, 3.63) is 0 Å². The van der Waals surface area contributed by atoms with E-state index in [2.05, 4.69) is 12.2 Å². The summed E-state index contributed by atoms with van der Waals surface area (Å²) in [5.74, 6) is 1.17. The Balaban J connectivity index is 1.93. The molecular weight excluding hydrogens is 218 g/mol. The molecule has 1 heterocycles. The van der Waals surface area contributed by atoms with E-state index in [4.69, 9.17) is 5.11 Å². The van der Waals surface area contributed by atoms with E-state index in [0.717, 1.165) is 25.9 Å². The number of carbonyl (C=O) groups excluding carboxylic acids is 1. The quantitative estimate of drug-likeness (QED) is 0.684. The van der Waals surface area contributed by atoms with Gasteiger partial charge in [-0.2, -0.15) is 0 Å². The second-order valence-electron chi connectivity index (χ2n) is 5.91. The molecule has 2 N–H and O–H groups in total. The topological polar surface area (TPSA) is 55.8 Å². The van der Waals surface area contributed by atoms with Crippen molar-refractivity contribution >= 4 is 6.03 Å². The van der Waals surface area contributed by atoms with Crippen molar-refractivity contribution in [3.63, 3.8) is 0 Å². The van der Waals surface area contributed by atoms with Crippen LogP contribution in [0.15, 0.2) is 0 Å². The molecule has 0 radical (unpaired) electrons. The third kappa shape index (κ3) is 2.40. The zero-order chi connectivity index (χ0) is 12.6. The number of likely N-dealkylation sites (tertiary alicyclic amines) is 1. The number of nitrogens with zero attached hydrogens (tertiary/aromatic N) is 2. The Labute approximate surface area is 103 Å². The van der Waals surface area contributed by atoms with Gasteiger partial charge in [-0.3, -0.25) is 5.32 Å². The maximum Gasteiger partial charge on any atom is 0.319 e. The Bertz CT molecular complexity index is 292. The highest BCUT2D eigenvalue weighted by Gasteiger charge is 2.47. The molecule has 0 aromatic carbocycles. The van der Waals surface area contributed by atoms with Gasteiger partial charge in [-0.05, 0) is 31.6 Å². The predicted molar refractivity (Wildman–Crippen MR) is 65.5 cm³/mol. The van der Waals surface area contributed by atoms with E-state index >= 15 is 0 Å². The average Bonchev–Trinajstić information content (AvgIpc) is 2.71. The fraction of sp³-hybridized carbons (Fsp3) is 0.917. The van der Waals surface area contributed by atoms with E-state index in [1.54, 1.807) is 19.0 Å². The molecular formula is C12H23N3O2. The summed E-state index contributed by atoms with van der Waals surface area (Å²) in [5, 5.41) is 12.1. The Kier molecular flexibility index (Phi) is 3.32. The normalized spacial score (nSPS) is 36.1. The fourth-order valence-corrected chi connectivity index (χ4v) is 3.42. The van der Waals surface area contributed by atoms with Crippen molar-refractivity contribution in [2.75, 3.05) is 33.9 Å². The monoisotopic (exact) mass is 241 g/mol. The molecule has 17 heavy (non-hydrogen) atoms. The predicted octanol–water partition coefficient (Wildman–Crippen LogP) is 0.308. The Morgan fingerprint density at radius 1 is 1.41 bits per heavy atom. The van der Waals surface area contributed by atoms with Crippen LogP contribution in [-0.4, -0.2) is 60.4 Å². The van der Waals surface area contributed by atoms with Crippen LogP contribution in [0.5, 0.6) is 0 Å². The Morgan fingerprint density at radius 2 is 1.94 bits per heavy atom. The number of amides is 2. The number of rotatable bonds is 2. The van der Waals surface area contributed by atoms with E-state index in [-0.39, 0.29) is 18.3 Å². The van der Waals surface area contributed by atoms with Gasteiger partial charge in [0.25, 0.3) is 0 Å². The number of nitrogens with one attached hydrogen (secondary N) is 1. The summed E-state index contributed by atoms with van der Waals surface area (Å²) in [6, 6.07) is 0.122. The number of fused-ring (bicyclic) bond motifs is 1. The van der Waals surface area contributed by atoms with Crippen molar-refractivity contribution in [2.24, 2.45) is 11.8 Å². The van der Waals surface area contributed by atoms with Crippen LogP contribution in [0.4, 0.5) is 4.79 Å². The molecule has 0 spiro atoms. The summed E-state index contributed by atoms with van der Waals surface area (Å²) in [4.78, 5) is 15.5. The summed E-state index contributed by atoms with van der Waals surface area (Å²) < 4.78 is 0. The van der Waals surface area contributed by atoms with Crippen LogP contribution >= 0.6 is 0 Å². The van der Waals surface area contributed by atoms with Crippen molar-refractivity contribution in [1.29, 1.82) is 0 Å². The molecule has 2 rings (SSSR count). The molecule has 2 fully saturated rings. The van der Waals surface area contributed by atoms with Crippen LogP contribution in [0, 0.1) is 11.8 Å². The number of aliphatic hydroxyl groups excluding tert-OH is 1. The van der Waals surface area contributed by atoms with Gasteiger partial charge < -0.3 is 14.9 Å². The third-order valence-corrected chi connectivity index (χ3v) is 4.16. The number of aliphatic hydroxyl groups is 1. The summed E-state index contributed by atoms with van der Waals surface area (Å²) in [7, 11) is 3.60. The lowest BCUT2D eigenvalue weighted by Gasteiger charge is -2.28. The molecule has 1 aliphatic heterocycles. The van der Waals surface area contributed by atoms with E-state index < -0.39 is 0 Å². The van der Waals surface area contributed by atoms with Gasteiger partial charge in [0.15, 0.2) is 0 Å². The summed E-state index contributed by atoms with van der Waals surface area (Å²) in [6.45, 7) is 3.94. The van der Waals surface area contributed by atoms with Crippen LogP contribution in [0.2, 0.25) is 0 Å². The second kappa shape index (κ2) is 4.46. The van der Waals surface area contributed by atoms with Crippen molar-refractivity contribution < 1.29 is 9.90 Å². The first-order valence-electron chi connectivity index (χ1n) is 6.27. The molecule has 1 aliphatic carbocycles. The molecule has 0 unspecified atom stereocenters. The molecule has 2 amide bonds. The van der Waals surface area contributed by atoms with Crippen LogP contribution in [0.1, 0.15) is 19.8 Å². The molecule has 5 nitrogen and oxygen atoms in total. The fourth-order valence-electron chi connectivity index (χ4n) is 3.42. The van der Waals surface area contributed by atoms with Crippen LogP contribution in [0.25, 0.3) is 0 Å². The summed E-state index contributed by atoms with van der Waals surface area (Å²) >= 11 is 0. The van der Waals surface area contributed by atoms with E-state index in [1.807, 2.05) is 4.90 Å². The Hall–Kier alpha value is -0.810.